The molecule has 0 saturated heterocycles. The van der Waals surface area contributed by atoms with E-state index in [1.807, 2.05) is 30.3 Å². The van der Waals surface area contributed by atoms with E-state index in [-0.39, 0.29) is 11.0 Å². The van der Waals surface area contributed by atoms with Crippen LogP contribution in [0.25, 0.3) is 10.8 Å². The molecular weight excluding hydrogens is 154 g/mol. The minimum atomic E-state index is -0.0249. The van der Waals surface area contributed by atoms with Crippen molar-refractivity contribution in [3.05, 3.63) is 46.9 Å². The molecule has 1 aromatic carbocycles. The molecule has 3 nitrogen and oxygen atoms in total. The van der Waals surface area contributed by atoms with E-state index in [4.69, 9.17) is 0 Å². The summed E-state index contributed by atoms with van der Waals surface area (Å²) < 4.78 is 0. The Labute approximate surface area is 69.0 Å². The first-order chi connectivity index (χ1) is 5.38. The van der Waals surface area contributed by atoms with Gasteiger partial charge in [0.2, 0.25) is 0 Å². The number of aromatic nitrogens is 1. The number of hydrogen-bond acceptors (Lipinski definition) is 1. The summed E-state index contributed by atoms with van der Waals surface area (Å²) in [7, 11) is 0. The quantitative estimate of drug-likeness (QED) is 0.623. The summed E-state index contributed by atoms with van der Waals surface area (Å²) in [6.07, 6.45) is 1.66. The molecule has 3 heteroatoms. The summed E-state index contributed by atoms with van der Waals surface area (Å²) in [4.78, 5) is 13.7. The lowest BCUT2D eigenvalue weighted by atomic mass is 10.2. The van der Waals surface area contributed by atoms with Gasteiger partial charge in [-0.3, -0.25) is 4.79 Å². The van der Waals surface area contributed by atoms with Crippen LogP contribution >= 0.6 is 0 Å². The molecule has 0 atom stereocenters. The van der Waals surface area contributed by atoms with Crippen LogP contribution in [-0.2, 0) is 5.48 Å². The van der Waals surface area contributed by atoms with Gasteiger partial charge < -0.3 is 4.98 Å². The predicted molar refractivity (Wildman–Crippen MR) is 45.3 cm³/mol. The third-order valence-corrected chi connectivity index (χ3v) is 1.68. The molecule has 2 radical (unpaired) electrons. The number of pyridine rings is 1. The molecule has 0 aliphatic heterocycles. The lowest BCUT2D eigenvalue weighted by Gasteiger charge is -1.92. The Bertz CT molecular complexity index is 428. The van der Waals surface area contributed by atoms with E-state index in [0.29, 0.717) is 0 Å². The summed E-state index contributed by atoms with van der Waals surface area (Å²) in [5, 5.41) is 1.73. The summed E-state index contributed by atoms with van der Waals surface area (Å²) in [6.45, 7) is 0. The topological polar surface area (TPSA) is 61.4 Å². The maximum absolute atomic E-state index is 11.1. The third kappa shape index (κ3) is 1.22. The number of nitrogens with one attached hydrogen (secondary N) is 1. The Balaban J connectivity index is 0.000000720. The zero-order valence-corrected chi connectivity index (χ0v) is 6.28. The second kappa shape index (κ2) is 3.19. The first-order valence-corrected chi connectivity index (χ1v) is 3.44. The average Bonchev–Trinajstić information content (AvgIpc) is 2.06. The van der Waals surface area contributed by atoms with Gasteiger partial charge in [0.1, 0.15) is 0 Å². The maximum Gasteiger partial charge on any atom is 0.255 e. The van der Waals surface area contributed by atoms with Crippen LogP contribution in [-0.4, -0.2) is 4.98 Å². The Morgan fingerprint density at radius 2 is 1.83 bits per heavy atom. The van der Waals surface area contributed by atoms with E-state index in [1.165, 1.54) is 0 Å². The summed E-state index contributed by atoms with van der Waals surface area (Å²) in [5.74, 6) is 0. The van der Waals surface area contributed by atoms with Crippen LogP contribution in [0.1, 0.15) is 0 Å². The summed E-state index contributed by atoms with van der Waals surface area (Å²) in [6, 6.07) is 9.40. The fourth-order valence-corrected chi connectivity index (χ4v) is 1.13. The molecular formula is C9H7NO2. The molecule has 0 unspecified atom stereocenters. The monoisotopic (exact) mass is 161 g/mol. The molecule has 2 aromatic rings. The highest BCUT2D eigenvalue weighted by Crippen LogP contribution is 2.05. The van der Waals surface area contributed by atoms with Crippen molar-refractivity contribution in [3.63, 3.8) is 0 Å². The molecule has 1 heterocycles. The molecule has 0 saturated carbocycles. The van der Waals surface area contributed by atoms with Crippen molar-refractivity contribution in [3.8, 4) is 0 Å². The van der Waals surface area contributed by atoms with Gasteiger partial charge in [0, 0.05) is 17.1 Å². The van der Waals surface area contributed by atoms with Crippen molar-refractivity contribution in [2.75, 3.05) is 0 Å². The smallest absolute Gasteiger partial charge is 0.255 e. The minimum absolute atomic E-state index is 0. The van der Waals surface area contributed by atoms with Gasteiger partial charge in [0.05, 0.1) is 0 Å². The molecule has 1 N–H and O–H groups in total. The van der Waals surface area contributed by atoms with Crippen molar-refractivity contribution in [2.45, 2.75) is 0 Å². The second-order valence-electron chi connectivity index (χ2n) is 2.39. The number of aromatic amines is 1. The molecule has 0 bridgehead atoms. The molecule has 0 amide bonds. The molecule has 12 heavy (non-hydrogen) atoms. The molecule has 0 aliphatic carbocycles. The zero-order valence-electron chi connectivity index (χ0n) is 6.28. The normalized spacial score (nSPS) is 9.33. The Morgan fingerprint density at radius 1 is 1.08 bits per heavy atom. The van der Waals surface area contributed by atoms with Crippen LogP contribution in [0.4, 0.5) is 0 Å². The number of hydrogen-bond donors (Lipinski definition) is 1. The lowest BCUT2D eigenvalue weighted by molar-refractivity contribution is 0.686. The minimum Gasteiger partial charge on any atom is -0.329 e. The zero-order chi connectivity index (χ0) is 7.68. The van der Waals surface area contributed by atoms with Crippen molar-refractivity contribution in [1.82, 2.24) is 4.98 Å². The fraction of sp³-hybridized carbons (Fsp3) is 0. The van der Waals surface area contributed by atoms with Crippen LogP contribution in [0.2, 0.25) is 0 Å². The lowest BCUT2D eigenvalue weighted by Crippen LogP contribution is -2.03. The van der Waals surface area contributed by atoms with Crippen LogP contribution in [0, 0.1) is 0 Å². The van der Waals surface area contributed by atoms with Gasteiger partial charge in [-0.2, -0.15) is 0 Å². The Morgan fingerprint density at radius 3 is 2.58 bits per heavy atom. The molecule has 0 fully saturated rings. The van der Waals surface area contributed by atoms with Gasteiger partial charge in [0.25, 0.3) is 5.56 Å². The van der Waals surface area contributed by atoms with Gasteiger partial charge in [-0.25, -0.2) is 0 Å². The van der Waals surface area contributed by atoms with Crippen molar-refractivity contribution in [2.24, 2.45) is 0 Å². The van der Waals surface area contributed by atoms with E-state index in [0.717, 1.165) is 10.8 Å². The Hall–Kier alpha value is -1.61. The number of fused-ring (bicyclic) bond motifs is 1. The summed E-state index contributed by atoms with van der Waals surface area (Å²) >= 11 is 0. The fourth-order valence-electron chi connectivity index (χ4n) is 1.13. The van der Waals surface area contributed by atoms with Crippen LogP contribution in [0.5, 0.6) is 0 Å². The highest BCUT2D eigenvalue weighted by atomic mass is 16.1. The largest absolute Gasteiger partial charge is 0.329 e. The highest BCUT2D eigenvalue weighted by Gasteiger charge is 1.92. The van der Waals surface area contributed by atoms with Gasteiger partial charge in [-0.15, -0.1) is 0 Å². The van der Waals surface area contributed by atoms with E-state index in [2.05, 4.69) is 4.98 Å². The number of benzene rings is 1. The van der Waals surface area contributed by atoms with Crippen LogP contribution in [0.3, 0.4) is 0 Å². The molecule has 1 aromatic heterocycles. The standard InChI is InChI=1S/C9H7NO.O/c11-9-8-4-2-1-3-7(8)5-6-10-9;/h1-6H,(H,10,11);. The van der Waals surface area contributed by atoms with Crippen LogP contribution < -0.4 is 5.56 Å². The summed E-state index contributed by atoms with van der Waals surface area (Å²) in [5.41, 5.74) is -0.0249. The van der Waals surface area contributed by atoms with Gasteiger partial charge >= 0.3 is 0 Å². The molecule has 0 aliphatic rings. The van der Waals surface area contributed by atoms with E-state index in [9.17, 15) is 4.79 Å². The average molecular weight is 161 g/mol. The van der Waals surface area contributed by atoms with E-state index in [1.54, 1.807) is 6.20 Å². The molecule has 0 spiro atoms. The van der Waals surface area contributed by atoms with Crippen molar-refractivity contribution < 1.29 is 5.48 Å². The first-order valence-electron chi connectivity index (χ1n) is 3.44. The van der Waals surface area contributed by atoms with Gasteiger partial charge in [-0.05, 0) is 17.5 Å². The second-order valence-corrected chi connectivity index (χ2v) is 2.39. The maximum atomic E-state index is 11.1. The number of rotatable bonds is 0. The molecule has 2 rings (SSSR count). The highest BCUT2D eigenvalue weighted by molar-refractivity contribution is 5.80. The van der Waals surface area contributed by atoms with Gasteiger partial charge in [0.15, 0.2) is 0 Å². The Kier molecular flexibility index (Phi) is 2.26. The molecule has 60 valence electrons. The van der Waals surface area contributed by atoms with E-state index >= 15 is 0 Å². The van der Waals surface area contributed by atoms with Crippen molar-refractivity contribution >= 4 is 10.8 Å². The predicted octanol–water partition coefficient (Wildman–Crippen LogP) is 1.41. The van der Waals surface area contributed by atoms with E-state index < -0.39 is 0 Å². The first kappa shape index (κ1) is 8.49. The number of H-pyrrole nitrogens is 1. The third-order valence-electron chi connectivity index (χ3n) is 1.68. The SMILES string of the molecule is O=c1[nH]ccc2ccccc12.[O]. The van der Waals surface area contributed by atoms with Crippen LogP contribution in [0.15, 0.2) is 41.3 Å². The van der Waals surface area contributed by atoms with Crippen molar-refractivity contribution in [1.29, 1.82) is 0 Å². The van der Waals surface area contributed by atoms with Gasteiger partial charge in [-0.1, -0.05) is 18.2 Å².